The van der Waals surface area contributed by atoms with Crippen molar-refractivity contribution in [1.29, 1.82) is 0 Å². The molecule has 2 aromatic rings. The van der Waals surface area contributed by atoms with E-state index in [9.17, 15) is 4.79 Å². The van der Waals surface area contributed by atoms with Crippen molar-refractivity contribution in [3.63, 3.8) is 0 Å². The number of aliphatic carboxylic acids is 1. The van der Waals surface area contributed by atoms with Crippen molar-refractivity contribution < 1.29 is 24.1 Å². The number of anilines is 1. The number of hydrogen-bond donors (Lipinski definition) is 1. The molecular formula is C21H25NO5. The van der Waals surface area contributed by atoms with E-state index in [0.717, 1.165) is 35.8 Å². The second-order valence-electron chi connectivity index (χ2n) is 6.28. The lowest BCUT2D eigenvalue weighted by Gasteiger charge is -2.31. The predicted molar refractivity (Wildman–Crippen MR) is 103 cm³/mol. The lowest BCUT2D eigenvalue weighted by Crippen LogP contribution is -2.35. The molecule has 1 aliphatic rings. The lowest BCUT2D eigenvalue weighted by molar-refractivity contribution is -0.149. The van der Waals surface area contributed by atoms with Crippen LogP contribution in [0.4, 0.5) is 5.69 Å². The average Bonchev–Trinajstić information content (AvgIpc) is 2.69. The molecular weight excluding hydrogens is 346 g/mol. The van der Waals surface area contributed by atoms with Crippen molar-refractivity contribution >= 4 is 11.7 Å². The summed E-state index contributed by atoms with van der Waals surface area (Å²) in [5.74, 6) is 0.738. The molecule has 1 atom stereocenters. The highest BCUT2D eigenvalue weighted by atomic mass is 16.5. The standard InChI is InChI=1S/C21H25NO5/c1-2-25-20(21(23)24)15-16-7-9-17(10-8-16)26-13-11-22-12-14-27-19-6-4-3-5-18(19)22/h3-10,20H,2,11-15H2,1H3,(H,23,24). The Hall–Kier alpha value is -2.73. The number of carboxylic acids is 1. The Bertz CT molecular complexity index is 746. The minimum absolute atomic E-state index is 0.341. The van der Waals surface area contributed by atoms with Gasteiger partial charge in [-0.1, -0.05) is 24.3 Å². The van der Waals surface area contributed by atoms with Crippen molar-refractivity contribution in [2.24, 2.45) is 0 Å². The summed E-state index contributed by atoms with van der Waals surface area (Å²) in [5, 5.41) is 9.17. The number of rotatable bonds is 9. The number of benzene rings is 2. The molecule has 0 saturated heterocycles. The van der Waals surface area contributed by atoms with E-state index in [1.807, 2.05) is 42.5 Å². The van der Waals surface area contributed by atoms with Crippen molar-refractivity contribution in [2.75, 3.05) is 37.8 Å². The van der Waals surface area contributed by atoms with E-state index in [-0.39, 0.29) is 0 Å². The van der Waals surface area contributed by atoms with Gasteiger partial charge < -0.3 is 24.2 Å². The summed E-state index contributed by atoms with van der Waals surface area (Å²) in [7, 11) is 0. The Morgan fingerprint density at radius 3 is 2.74 bits per heavy atom. The molecule has 6 nitrogen and oxygen atoms in total. The summed E-state index contributed by atoms with van der Waals surface area (Å²) in [4.78, 5) is 13.4. The van der Waals surface area contributed by atoms with Crippen LogP contribution in [-0.4, -0.2) is 50.1 Å². The molecule has 0 spiro atoms. The van der Waals surface area contributed by atoms with Crippen molar-refractivity contribution in [3.8, 4) is 11.5 Å². The number of hydrogen-bond acceptors (Lipinski definition) is 5. The fourth-order valence-electron chi connectivity index (χ4n) is 3.09. The van der Waals surface area contributed by atoms with E-state index in [4.69, 9.17) is 19.3 Å². The topological polar surface area (TPSA) is 68.2 Å². The molecule has 0 aromatic heterocycles. The molecule has 0 saturated carbocycles. The molecule has 0 fully saturated rings. The number of carboxylic acid groups (broad SMARTS) is 1. The summed E-state index contributed by atoms with van der Waals surface area (Å²) in [6.07, 6.45) is -0.475. The van der Waals surface area contributed by atoms with Crippen LogP contribution in [-0.2, 0) is 16.0 Å². The van der Waals surface area contributed by atoms with Gasteiger partial charge in [-0.3, -0.25) is 0 Å². The van der Waals surface area contributed by atoms with Gasteiger partial charge in [0.1, 0.15) is 24.7 Å². The first kappa shape index (κ1) is 19.0. The summed E-state index contributed by atoms with van der Waals surface area (Å²) in [6.45, 7) is 5.02. The Morgan fingerprint density at radius 2 is 2.00 bits per heavy atom. The van der Waals surface area contributed by atoms with Crippen LogP contribution in [0.3, 0.4) is 0 Å². The minimum atomic E-state index is -0.942. The van der Waals surface area contributed by atoms with E-state index in [2.05, 4.69) is 11.0 Å². The van der Waals surface area contributed by atoms with E-state index < -0.39 is 12.1 Å². The monoisotopic (exact) mass is 371 g/mol. The Morgan fingerprint density at radius 1 is 1.22 bits per heavy atom. The highest BCUT2D eigenvalue weighted by molar-refractivity contribution is 5.72. The van der Waals surface area contributed by atoms with Gasteiger partial charge in [0.05, 0.1) is 18.8 Å². The van der Waals surface area contributed by atoms with Gasteiger partial charge in [-0.05, 0) is 36.8 Å². The number of ether oxygens (including phenoxy) is 3. The quantitative estimate of drug-likeness (QED) is 0.731. The van der Waals surface area contributed by atoms with Crippen LogP contribution in [0, 0.1) is 0 Å². The maximum Gasteiger partial charge on any atom is 0.333 e. The molecule has 0 bridgehead atoms. The van der Waals surface area contributed by atoms with Crippen LogP contribution in [0.5, 0.6) is 11.5 Å². The van der Waals surface area contributed by atoms with Gasteiger partial charge in [0.15, 0.2) is 6.10 Å². The van der Waals surface area contributed by atoms with Gasteiger partial charge in [-0.25, -0.2) is 4.79 Å². The van der Waals surface area contributed by atoms with Gasteiger partial charge in [0, 0.05) is 13.0 Å². The zero-order chi connectivity index (χ0) is 19.1. The molecule has 1 N–H and O–H groups in total. The highest BCUT2D eigenvalue weighted by Crippen LogP contribution is 2.30. The molecule has 27 heavy (non-hydrogen) atoms. The number of nitrogens with zero attached hydrogens (tertiary/aromatic N) is 1. The summed E-state index contributed by atoms with van der Waals surface area (Å²) >= 11 is 0. The van der Waals surface area contributed by atoms with Crippen molar-refractivity contribution in [1.82, 2.24) is 0 Å². The molecule has 6 heteroatoms. The molecule has 3 rings (SSSR count). The first-order valence-electron chi connectivity index (χ1n) is 9.20. The van der Waals surface area contributed by atoms with Crippen LogP contribution < -0.4 is 14.4 Å². The third-order valence-electron chi connectivity index (χ3n) is 4.44. The van der Waals surface area contributed by atoms with Crippen LogP contribution in [0.25, 0.3) is 0 Å². The summed E-state index contributed by atoms with van der Waals surface area (Å²) in [5.41, 5.74) is 2.00. The third-order valence-corrected chi connectivity index (χ3v) is 4.44. The molecule has 144 valence electrons. The summed E-state index contributed by atoms with van der Waals surface area (Å²) in [6, 6.07) is 15.5. The van der Waals surface area contributed by atoms with Gasteiger partial charge in [0.25, 0.3) is 0 Å². The molecule has 1 heterocycles. The molecule has 1 unspecified atom stereocenters. The normalized spacial score (nSPS) is 14.2. The Balaban J connectivity index is 1.50. The second-order valence-corrected chi connectivity index (χ2v) is 6.28. The fourth-order valence-corrected chi connectivity index (χ4v) is 3.09. The SMILES string of the molecule is CCOC(Cc1ccc(OCCN2CCOc3ccccc32)cc1)C(=O)O. The first-order chi connectivity index (χ1) is 13.2. The maximum absolute atomic E-state index is 11.2. The molecule has 1 aliphatic heterocycles. The smallest absolute Gasteiger partial charge is 0.333 e. The van der Waals surface area contributed by atoms with Crippen molar-refractivity contribution in [2.45, 2.75) is 19.4 Å². The lowest BCUT2D eigenvalue weighted by atomic mass is 10.1. The molecule has 0 aliphatic carbocycles. The van der Waals surface area contributed by atoms with Gasteiger partial charge in [-0.2, -0.15) is 0 Å². The van der Waals surface area contributed by atoms with Crippen LogP contribution in [0.1, 0.15) is 12.5 Å². The minimum Gasteiger partial charge on any atom is -0.492 e. The maximum atomic E-state index is 11.2. The zero-order valence-electron chi connectivity index (χ0n) is 15.5. The van der Waals surface area contributed by atoms with Crippen LogP contribution in [0.2, 0.25) is 0 Å². The Kier molecular flexibility index (Phi) is 6.54. The first-order valence-corrected chi connectivity index (χ1v) is 9.20. The summed E-state index contributed by atoms with van der Waals surface area (Å²) < 4.78 is 16.8. The highest BCUT2D eigenvalue weighted by Gasteiger charge is 2.18. The van der Waals surface area contributed by atoms with E-state index >= 15 is 0 Å². The Labute approximate surface area is 159 Å². The largest absolute Gasteiger partial charge is 0.492 e. The molecule has 0 radical (unpaired) electrons. The van der Waals surface area contributed by atoms with Crippen LogP contribution in [0.15, 0.2) is 48.5 Å². The number of para-hydroxylation sites is 2. The van der Waals surface area contributed by atoms with Gasteiger partial charge in [-0.15, -0.1) is 0 Å². The van der Waals surface area contributed by atoms with E-state index in [0.29, 0.717) is 26.2 Å². The average molecular weight is 371 g/mol. The molecule has 0 amide bonds. The zero-order valence-corrected chi connectivity index (χ0v) is 15.5. The van der Waals surface area contributed by atoms with E-state index in [1.54, 1.807) is 6.92 Å². The van der Waals surface area contributed by atoms with Crippen LogP contribution >= 0.6 is 0 Å². The van der Waals surface area contributed by atoms with E-state index in [1.165, 1.54) is 0 Å². The molecule has 2 aromatic carbocycles. The number of fused-ring (bicyclic) bond motifs is 1. The number of carbonyl (C=O) groups is 1. The second kappa shape index (κ2) is 9.28. The van der Waals surface area contributed by atoms with Gasteiger partial charge >= 0.3 is 5.97 Å². The van der Waals surface area contributed by atoms with Crippen molar-refractivity contribution in [3.05, 3.63) is 54.1 Å². The predicted octanol–water partition coefficient (Wildman–Crippen LogP) is 3.00. The van der Waals surface area contributed by atoms with Gasteiger partial charge in [0.2, 0.25) is 0 Å². The fraction of sp³-hybridized carbons (Fsp3) is 0.381. The third kappa shape index (κ3) is 5.14.